The second-order valence-corrected chi connectivity index (χ2v) is 5.18. The summed E-state index contributed by atoms with van der Waals surface area (Å²) in [5, 5.41) is 13.3. The van der Waals surface area contributed by atoms with E-state index in [1.165, 1.54) is 6.07 Å². The number of hydrogen-bond donors (Lipinski definition) is 2. The molecule has 0 aliphatic heterocycles. The fraction of sp³-hybridized carbons (Fsp3) is 0.353. The van der Waals surface area contributed by atoms with Crippen LogP contribution in [-0.4, -0.2) is 16.8 Å². The molecule has 0 atom stereocenters. The van der Waals surface area contributed by atoms with Gasteiger partial charge in [0.15, 0.2) is 5.75 Å². The van der Waals surface area contributed by atoms with Crippen molar-refractivity contribution in [2.24, 2.45) is 0 Å². The molecule has 0 bridgehead atoms. The normalized spacial score (nSPS) is 10.5. The van der Waals surface area contributed by atoms with Gasteiger partial charge in [0.05, 0.1) is 19.3 Å². The third kappa shape index (κ3) is 3.42. The highest BCUT2D eigenvalue weighted by Gasteiger charge is 2.12. The molecule has 2 aromatic rings. The molecule has 0 radical (unpaired) electrons. The Hall–Kier alpha value is -2.43. The average Bonchev–Trinajstić information content (AvgIpc) is 2.52. The molecular weight excluding hydrogens is 280 g/mol. The number of anilines is 1. The smallest absolute Gasteiger partial charge is 0.223 e. The first-order chi connectivity index (χ1) is 10.6. The molecule has 1 heterocycles. The van der Waals surface area contributed by atoms with Crippen LogP contribution in [0.2, 0.25) is 0 Å². The third-order valence-corrected chi connectivity index (χ3v) is 3.60. The van der Waals surface area contributed by atoms with Crippen LogP contribution < -0.4 is 15.5 Å². The summed E-state index contributed by atoms with van der Waals surface area (Å²) in [5.41, 5.74) is 2.03. The van der Waals surface area contributed by atoms with Gasteiger partial charge in [-0.3, -0.25) is 4.79 Å². The van der Waals surface area contributed by atoms with Crippen molar-refractivity contribution in [2.45, 2.75) is 33.4 Å². The van der Waals surface area contributed by atoms with Gasteiger partial charge < -0.3 is 19.7 Å². The van der Waals surface area contributed by atoms with Crippen LogP contribution >= 0.6 is 0 Å². The van der Waals surface area contributed by atoms with E-state index in [-0.39, 0.29) is 11.2 Å². The maximum absolute atomic E-state index is 11.8. The first-order valence-electron chi connectivity index (χ1n) is 7.37. The number of hydrogen-bond acceptors (Lipinski definition) is 4. The second-order valence-electron chi connectivity index (χ2n) is 5.18. The first kappa shape index (κ1) is 15.9. The minimum atomic E-state index is -0.337. The summed E-state index contributed by atoms with van der Waals surface area (Å²) < 4.78 is 7.10. The van der Waals surface area contributed by atoms with Crippen LogP contribution in [0.3, 0.4) is 0 Å². The topological polar surface area (TPSA) is 63.5 Å². The quantitative estimate of drug-likeness (QED) is 0.861. The van der Waals surface area contributed by atoms with E-state index in [9.17, 15) is 9.90 Å². The fourth-order valence-electron chi connectivity index (χ4n) is 2.43. The summed E-state index contributed by atoms with van der Waals surface area (Å²) in [6.45, 7) is 5.09. The zero-order valence-electron chi connectivity index (χ0n) is 13.2. The highest BCUT2D eigenvalue weighted by molar-refractivity contribution is 5.47. The molecule has 0 unspecified atom stereocenters. The summed E-state index contributed by atoms with van der Waals surface area (Å²) in [5.74, 6) is 0.604. The van der Waals surface area contributed by atoms with Gasteiger partial charge >= 0.3 is 0 Å². The molecule has 0 aliphatic rings. The molecule has 22 heavy (non-hydrogen) atoms. The molecule has 0 amide bonds. The van der Waals surface area contributed by atoms with E-state index in [0.29, 0.717) is 12.2 Å². The molecule has 2 N–H and O–H groups in total. The largest absolute Gasteiger partial charge is 0.503 e. The summed E-state index contributed by atoms with van der Waals surface area (Å²) >= 11 is 0. The molecule has 0 spiro atoms. The minimum absolute atomic E-state index is 0.180. The van der Waals surface area contributed by atoms with E-state index in [0.717, 1.165) is 30.1 Å². The molecule has 2 rings (SSSR count). The zero-order valence-corrected chi connectivity index (χ0v) is 13.2. The predicted octanol–water partition coefficient (Wildman–Crippen LogP) is 2.89. The molecular formula is C17H22N2O3. The lowest BCUT2D eigenvalue weighted by Gasteiger charge is -2.18. The Labute approximate surface area is 130 Å². The highest BCUT2D eigenvalue weighted by Crippen LogP contribution is 2.19. The van der Waals surface area contributed by atoms with Gasteiger partial charge in [0.2, 0.25) is 5.43 Å². The van der Waals surface area contributed by atoms with Crippen LogP contribution in [0, 0.1) is 6.92 Å². The average molecular weight is 302 g/mol. The number of aromatic nitrogens is 1. The number of nitrogens with one attached hydrogen (secondary N) is 1. The molecule has 118 valence electrons. The highest BCUT2D eigenvalue weighted by atomic mass is 16.5. The van der Waals surface area contributed by atoms with E-state index in [2.05, 4.69) is 12.2 Å². The first-order valence-corrected chi connectivity index (χ1v) is 7.37. The fourth-order valence-corrected chi connectivity index (χ4v) is 2.43. The zero-order chi connectivity index (χ0) is 16.1. The Morgan fingerprint density at radius 3 is 2.55 bits per heavy atom. The van der Waals surface area contributed by atoms with Crippen molar-refractivity contribution in [3.05, 3.63) is 51.9 Å². The maximum Gasteiger partial charge on any atom is 0.223 e. The summed E-state index contributed by atoms with van der Waals surface area (Å²) in [4.78, 5) is 11.8. The van der Waals surface area contributed by atoms with Gasteiger partial charge in [-0.15, -0.1) is 0 Å². The second kappa shape index (κ2) is 7.02. The molecule has 0 saturated heterocycles. The van der Waals surface area contributed by atoms with Crippen LogP contribution in [0.4, 0.5) is 5.69 Å². The molecule has 1 aromatic heterocycles. The lowest BCUT2D eigenvalue weighted by atomic mass is 10.2. The number of nitrogens with zero attached hydrogens (tertiary/aromatic N) is 1. The van der Waals surface area contributed by atoms with Crippen molar-refractivity contribution in [3.63, 3.8) is 0 Å². The molecule has 0 aliphatic carbocycles. The van der Waals surface area contributed by atoms with Crippen molar-refractivity contribution >= 4 is 5.69 Å². The minimum Gasteiger partial charge on any atom is -0.503 e. The van der Waals surface area contributed by atoms with E-state index in [4.69, 9.17) is 4.74 Å². The van der Waals surface area contributed by atoms with Gasteiger partial charge in [-0.2, -0.15) is 0 Å². The monoisotopic (exact) mass is 302 g/mol. The summed E-state index contributed by atoms with van der Waals surface area (Å²) in [6.07, 6.45) is 0.929. The van der Waals surface area contributed by atoms with Gasteiger partial charge in [-0.05, 0) is 37.6 Å². The Bertz CT molecular complexity index is 690. The number of ether oxygens (including phenoxy) is 1. The van der Waals surface area contributed by atoms with E-state index < -0.39 is 0 Å². The van der Waals surface area contributed by atoms with Gasteiger partial charge in [0, 0.05) is 24.0 Å². The summed E-state index contributed by atoms with van der Waals surface area (Å²) in [6, 6.07) is 8.99. The Balaban J connectivity index is 2.25. The maximum atomic E-state index is 11.8. The molecule has 1 aromatic carbocycles. The van der Waals surface area contributed by atoms with Gasteiger partial charge in [-0.1, -0.05) is 6.92 Å². The SMILES string of the molecule is CCCn1c(C)cc(=O)c(O)c1CNc1ccc(OC)cc1. The van der Waals surface area contributed by atoms with E-state index in [1.807, 2.05) is 35.8 Å². The van der Waals surface area contributed by atoms with Crippen molar-refractivity contribution in [1.29, 1.82) is 0 Å². The van der Waals surface area contributed by atoms with Crippen molar-refractivity contribution in [3.8, 4) is 11.5 Å². The van der Waals surface area contributed by atoms with Gasteiger partial charge in [-0.25, -0.2) is 0 Å². The standard InChI is InChI=1S/C17H22N2O3/c1-4-9-19-12(2)10-16(20)17(21)15(19)11-18-13-5-7-14(22-3)8-6-13/h5-8,10,18,21H,4,9,11H2,1-3H3. The Kier molecular flexibility index (Phi) is 5.09. The number of aromatic hydroxyl groups is 1. The van der Waals surface area contributed by atoms with Crippen LogP contribution in [0.1, 0.15) is 24.7 Å². The molecule has 5 nitrogen and oxygen atoms in total. The van der Waals surface area contributed by atoms with Crippen molar-refractivity contribution in [1.82, 2.24) is 4.57 Å². The van der Waals surface area contributed by atoms with Crippen LogP contribution in [0.25, 0.3) is 0 Å². The Morgan fingerprint density at radius 2 is 1.95 bits per heavy atom. The number of aryl methyl sites for hydroxylation is 1. The number of methoxy groups -OCH3 is 1. The predicted molar refractivity (Wildman–Crippen MR) is 87.7 cm³/mol. The lowest BCUT2D eigenvalue weighted by Crippen LogP contribution is -2.18. The Morgan fingerprint density at radius 1 is 1.27 bits per heavy atom. The number of benzene rings is 1. The molecule has 0 saturated carbocycles. The van der Waals surface area contributed by atoms with Crippen LogP contribution in [0.5, 0.6) is 11.5 Å². The molecule has 5 heteroatoms. The van der Waals surface area contributed by atoms with Crippen LogP contribution in [-0.2, 0) is 13.1 Å². The van der Waals surface area contributed by atoms with E-state index >= 15 is 0 Å². The van der Waals surface area contributed by atoms with Crippen LogP contribution in [0.15, 0.2) is 35.1 Å². The van der Waals surface area contributed by atoms with Crippen molar-refractivity contribution < 1.29 is 9.84 Å². The van der Waals surface area contributed by atoms with Gasteiger partial charge in [0.25, 0.3) is 0 Å². The third-order valence-electron chi connectivity index (χ3n) is 3.60. The number of rotatable bonds is 6. The summed E-state index contributed by atoms with van der Waals surface area (Å²) in [7, 11) is 1.62. The van der Waals surface area contributed by atoms with E-state index in [1.54, 1.807) is 7.11 Å². The molecule has 0 fully saturated rings. The lowest BCUT2D eigenvalue weighted by molar-refractivity contribution is 0.415. The van der Waals surface area contributed by atoms with Crippen molar-refractivity contribution in [2.75, 3.05) is 12.4 Å². The van der Waals surface area contributed by atoms with Gasteiger partial charge in [0.1, 0.15) is 5.75 Å². The number of pyridine rings is 1.